The number of hydrogen-bond donors (Lipinski definition) is 2. The highest BCUT2D eigenvalue weighted by atomic mass is 79.9. The normalized spacial score (nSPS) is 12.7. The molecule has 0 aliphatic heterocycles. The van der Waals surface area contributed by atoms with Crippen LogP contribution in [0.4, 0.5) is 8.78 Å². The van der Waals surface area contributed by atoms with Gasteiger partial charge in [0, 0.05) is 19.0 Å². The maximum absolute atomic E-state index is 13.8. The van der Waals surface area contributed by atoms with E-state index >= 15 is 0 Å². The lowest BCUT2D eigenvalue weighted by molar-refractivity contribution is 0.490. The van der Waals surface area contributed by atoms with E-state index in [2.05, 4.69) is 26.5 Å². The molecule has 0 fully saturated rings. The highest BCUT2D eigenvalue weighted by Crippen LogP contribution is 2.27. The van der Waals surface area contributed by atoms with Crippen molar-refractivity contribution in [3.63, 3.8) is 0 Å². The zero-order valence-electron chi connectivity index (χ0n) is 11.1. The summed E-state index contributed by atoms with van der Waals surface area (Å²) < 4.78 is 29.6. The fourth-order valence-electron chi connectivity index (χ4n) is 2.14. The molecule has 0 aliphatic carbocycles. The molecule has 0 radical (unpaired) electrons. The molecule has 0 aliphatic rings. The number of rotatable bonds is 4. The number of benzene rings is 1. The second-order valence-corrected chi connectivity index (χ2v) is 5.35. The Bertz CT molecular complexity index is 627. The third-order valence-electron chi connectivity index (χ3n) is 3.19. The molecule has 4 nitrogen and oxygen atoms in total. The van der Waals surface area contributed by atoms with E-state index in [4.69, 9.17) is 5.84 Å². The number of halogens is 3. The van der Waals surface area contributed by atoms with Gasteiger partial charge in [0.15, 0.2) is 0 Å². The van der Waals surface area contributed by atoms with Gasteiger partial charge in [-0.3, -0.25) is 16.0 Å². The summed E-state index contributed by atoms with van der Waals surface area (Å²) in [5.74, 6) is 4.50. The largest absolute Gasteiger partial charge is 0.271 e. The summed E-state index contributed by atoms with van der Waals surface area (Å²) in [6, 6.07) is 2.78. The SMILES string of the molecule is Cc1nn(C)c(CC(NN)c2cc(F)ccc2F)c1Br. The van der Waals surface area contributed by atoms with Crippen LogP contribution in [0.1, 0.15) is 23.0 Å². The van der Waals surface area contributed by atoms with Crippen molar-refractivity contribution in [2.75, 3.05) is 0 Å². The van der Waals surface area contributed by atoms with E-state index in [-0.39, 0.29) is 5.56 Å². The Kier molecular flexibility index (Phi) is 4.52. The van der Waals surface area contributed by atoms with Crippen molar-refractivity contribution in [2.24, 2.45) is 12.9 Å². The van der Waals surface area contributed by atoms with Crippen LogP contribution in [-0.2, 0) is 13.5 Å². The summed E-state index contributed by atoms with van der Waals surface area (Å²) in [4.78, 5) is 0. The molecule has 7 heteroatoms. The third-order valence-corrected chi connectivity index (χ3v) is 4.23. The first-order chi connectivity index (χ1) is 9.43. The van der Waals surface area contributed by atoms with Crippen molar-refractivity contribution in [3.05, 3.63) is 51.3 Å². The second kappa shape index (κ2) is 5.99. The summed E-state index contributed by atoms with van der Waals surface area (Å²) in [7, 11) is 1.79. The molecule has 108 valence electrons. The number of aromatic nitrogens is 2. The van der Waals surface area contributed by atoms with Crippen LogP contribution in [0, 0.1) is 18.6 Å². The van der Waals surface area contributed by atoms with Crippen molar-refractivity contribution in [3.8, 4) is 0 Å². The highest BCUT2D eigenvalue weighted by molar-refractivity contribution is 9.10. The third kappa shape index (κ3) is 2.89. The predicted octanol–water partition coefficient (Wildman–Crippen LogP) is 2.52. The molecule has 1 aromatic carbocycles. The minimum Gasteiger partial charge on any atom is -0.271 e. The molecular weight excluding hydrogens is 330 g/mol. The van der Waals surface area contributed by atoms with Crippen molar-refractivity contribution in [1.82, 2.24) is 15.2 Å². The molecule has 1 atom stereocenters. The van der Waals surface area contributed by atoms with Gasteiger partial charge in [-0.15, -0.1) is 0 Å². The van der Waals surface area contributed by atoms with Crippen LogP contribution in [-0.4, -0.2) is 9.78 Å². The van der Waals surface area contributed by atoms with Crippen LogP contribution in [0.25, 0.3) is 0 Å². The predicted molar refractivity (Wildman–Crippen MR) is 75.8 cm³/mol. The number of hydrogen-bond acceptors (Lipinski definition) is 3. The fraction of sp³-hybridized carbons (Fsp3) is 0.308. The molecule has 1 heterocycles. The van der Waals surface area contributed by atoms with Gasteiger partial charge in [-0.05, 0) is 41.1 Å². The number of nitrogens with two attached hydrogens (primary N) is 1. The summed E-state index contributed by atoms with van der Waals surface area (Å²) in [6.45, 7) is 1.86. The maximum atomic E-state index is 13.8. The van der Waals surface area contributed by atoms with Crippen LogP contribution in [0.3, 0.4) is 0 Å². The molecule has 1 unspecified atom stereocenters. The van der Waals surface area contributed by atoms with Gasteiger partial charge in [-0.25, -0.2) is 8.78 Å². The number of aryl methyl sites for hydroxylation is 2. The number of hydrazine groups is 1. The highest BCUT2D eigenvalue weighted by Gasteiger charge is 2.20. The molecular formula is C13H15BrF2N4. The zero-order chi connectivity index (χ0) is 14.9. The Morgan fingerprint density at radius 1 is 1.45 bits per heavy atom. The van der Waals surface area contributed by atoms with E-state index in [0.717, 1.165) is 34.1 Å². The molecule has 0 bridgehead atoms. The van der Waals surface area contributed by atoms with Gasteiger partial charge >= 0.3 is 0 Å². The molecule has 0 amide bonds. The Balaban J connectivity index is 2.36. The first kappa shape index (κ1) is 15.1. The van der Waals surface area contributed by atoms with Crippen molar-refractivity contribution in [2.45, 2.75) is 19.4 Å². The molecule has 3 N–H and O–H groups in total. The molecule has 1 aromatic heterocycles. The van der Waals surface area contributed by atoms with E-state index < -0.39 is 17.7 Å². The fourth-order valence-corrected chi connectivity index (χ4v) is 2.63. The lowest BCUT2D eigenvalue weighted by Crippen LogP contribution is -2.31. The molecule has 0 spiro atoms. The summed E-state index contributed by atoms with van der Waals surface area (Å²) in [6.07, 6.45) is 0.384. The van der Waals surface area contributed by atoms with Crippen molar-refractivity contribution in [1.29, 1.82) is 0 Å². The average molecular weight is 345 g/mol. The molecule has 2 aromatic rings. The molecule has 0 saturated carbocycles. The second-order valence-electron chi connectivity index (χ2n) is 4.56. The monoisotopic (exact) mass is 344 g/mol. The number of nitrogens with zero attached hydrogens (tertiary/aromatic N) is 2. The minimum absolute atomic E-state index is 0.193. The van der Waals surface area contributed by atoms with Crippen molar-refractivity contribution < 1.29 is 8.78 Å². The lowest BCUT2D eigenvalue weighted by Gasteiger charge is -2.17. The van der Waals surface area contributed by atoms with Gasteiger partial charge in [0.05, 0.1) is 21.9 Å². The molecule has 20 heavy (non-hydrogen) atoms. The van der Waals surface area contributed by atoms with Crippen LogP contribution < -0.4 is 11.3 Å². The minimum atomic E-state index is -0.545. The van der Waals surface area contributed by atoms with Crippen LogP contribution in [0.15, 0.2) is 22.7 Å². The average Bonchev–Trinajstić information content (AvgIpc) is 2.65. The smallest absolute Gasteiger partial charge is 0.128 e. The standard InChI is InChI=1S/C13H15BrF2N4/c1-7-13(14)12(20(2)19-7)6-11(18-17)9-5-8(15)3-4-10(9)16/h3-5,11,18H,6,17H2,1-2H3. The molecule has 0 saturated heterocycles. The van der Waals surface area contributed by atoms with Gasteiger partial charge < -0.3 is 0 Å². The summed E-state index contributed by atoms with van der Waals surface area (Å²) in [5, 5.41) is 4.26. The Morgan fingerprint density at radius 3 is 2.70 bits per heavy atom. The van der Waals surface area contributed by atoms with Gasteiger partial charge in [0.1, 0.15) is 11.6 Å². The van der Waals surface area contributed by atoms with E-state index in [1.54, 1.807) is 11.7 Å². The maximum Gasteiger partial charge on any atom is 0.128 e. The Labute approximate surface area is 124 Å². The van der Waals surface area contributed by atoms with Gasteiger partial charge in [-0.1, -0.05) is 0 Å². The van der Waals surface area contributed by atoms with Crippen LogP contribution in [0.5, 0.6) is 0 Å². The van der Waals surface area contributed by atoms with E-state index in [0.29, 0.717) is 6.42 Å². The van der Waals surface area contributed by atoms with Gasteiger partial charge in [0.2, 0.25) is 0 Å². The van der Waals surface area contributed by atoms with Crippen LogP contribution >= 0.6 is 15.9 Å². The topological polar surface area (TPSA) is 55.9 Å². The Hall–Kier alpha value is -1.31. The summed E-state index contributed by atoms with van der Waals surface area (Å²) in [5.41, 5.74) is 4.41. The number of nitrogens with one attached hydrogen (secondary N) is 1. The van der Waals surface area contributed by atoms with Gasteiger partial charge in [0.25, 0.3) is 0 Å². The summed E-state index contributed by atoms with van der Waals surface area (Å²) >= 11 is 3.44. The van der Waals surface area contributed by atoms with Gasteiger partial charge in [-0.2, -0.15) is 5.10 Å². The van der Waals surface area contributed by atoms with E-state index in [1.807, 2.05) is 6.92 Å². The van der Waals surface area contributed by atoms with Crippen molar-refractivity contribution >= 4 is 15.9 Å². The van der Waals surface area contributed by atoms with E-state index in [9.17, 15) is 8.78 Å². The Morgan fingerprint density at radius 2 is 2.15 bits per heavy atom. The lowest BCUT2D eigenvalue weighted by atomic mass is 10.0. The molecule has 2 rings (SSSR count). The van der Waals surface area contributed by atoms with Crippen LogP contribution in [0.2, 0.25) is 0 Å². The van der Waals surface area contributed by atoms with E-state index in [1.165, 1.54) is 0 Å². The first-order valence-electron chi connectivity index (χ1n) is 6.03. The zero-order valence-corrected chi connectivity index (χ0v) is 12.7. The first-order valence-corrected chi connectivity index (χ1v) is 6.82. The quantitative estimate of drug-likeness (QED) is 0.661.